The number of hydrogen-bond donors (Lipinski definition) is 1. The van der Waals surface area contributed by atoms with E-state index in [1.54, 1.807) is 0 Å². The number of nitrogens with one attached hydrogen (secondary N) is 1. The summed E-state index contributed by atoms with van der Waals surface area (Å²) in [7, 11) is 0. The highest BCUT2D eigenvalue weighted by molar-refractivity contribution is 5.76. The third kappa shape index (κ3) is 3.07. The molecule has 2 aromatic rings. The van der Waals surface area contributed by atoms with Crippen LogP contribution >= 0.6 is 0 Å². The molecule has 0 atom stereocenters. The van der Waals surface area contributed by atoms with Gasteiger partial charge in [-0.1, -0.05) is 26.0 Å². The van der Waals surface area contributed by atoms with Crippen molar-refractivity contribution in [1.82, 2.24) is 10.3 Å². The lowest BCUT2D eigenvalue weighted by Gasteiger charge is -2.05. The first-order valence-electron chi connectivity index (χ1n) is 6.25. The zero-order chi connectivity index (χ0) is 12.3. The van der Waals surface area contributed by atoms with Gasteiger partial charge in [-0.3, -0.25) is 0 Å². The van der Waals surface area contributed by atoms with Crippen LogP contribution in [0.25, 0.3) is 11.1 Å². The van der Waals surface area contributed by atoms with E-state index in [1.165, 1.54) is 5.56 Å². The summed E-state index contributed by atoms with van der Waals surface area (Å²) in [4.78, 5) is 4.53. The second-order valence-electron chi connectivity index (χ2n) is 4.74. The standard InChI is InChI=1S/C14H20N2O/c1-10(2)15-9-5-8-13-16-14-11(3)6-4-7-12(14)17-13/h4,6-7,10,15H,5,8-9H2,1-3H3. The quantitative estimate of drug-likeness (QED) is 0.805. The third-order valence-electron chi connectivity index (χ3n) is 2.79. The van der Waals surface area contributed by atoms with Gasteiger partial charge in [-0.05, 0) is 31.5 Å². The van der Waals surface area contributed by atoms with Crippen molar-refractivity contribution in [2.45, 2.75) is 39.7 Å². The summed E-state index contributed by atoms with van der Waals surface area (Å²) < 4.78 is 5.72. The summed E-state index contributed by atoms with van der Waals surface area (Å²) >= 11 is 0. The van der Waals surface area contributed by atoms with Gasteiger partial charge >= 0.3 is 0 Å². The number of aryl methyl sites for hydroxylation is 2. The van der Waals surface area contributed by atoms with Crippen molar-refractivity contribution in [2.24, 2.45) is 0 Å². The molecule has 2 rings (SSSR count). The van der Waals surface area contributed by atoms with Crippen LogP contribution in [-0.4, -0.2) is 17.6 Å². The molecule has 0 saturated heterocycles. The van der Waals surface area contributed by atoms with Crippen LogP contribution in [0.1, 0.15) is 31.7 Å². The molecule has 0 aliphatic rings. The van der Waals surface area contributed by atoms with Gasteiger partial charge in [0.25, 0.3) is 0 Å². The Labute approximate surface area is 102 Å². The summed E-state index contributed by atoms with van der Waals surface area (Å²) in [5.74, 6) is 0.847. The van der Waals surface area contributed by atoms with Gasteiger partial charge < -0.3 is 9.73 Å². The predicted molar refractivity (Wildman–Crippen MR) is 70.2 cm³/mol. The molecule has 0 aliphatic heterocycles. The molecule has 0 spiro atoms. The van der Waals surface area contributed by atoms with Crippen molar-refractivity contribution >= 4 is 11.1 Å². The Balaban J connectivity index is 1.98. The van der Waals surface area contributed by atoms with Crippen LogP contribution in [0.3, 0.4) is 0 Å². The molecule has 0 aliphatic carbocycles. The highest BCUT2D eigenvalue weighted by atomic mass is 16.3. The maximum atomic E-state index is 5.72. The average Bonchev–Trinajstić information content (AvgIpc) is 2.69. The first kappa shape index (κ1) is 12.1. The largest absolute Gasteiger partial charge is 0.441 e. The van der Waals surface area contributed by atoms with E-state index in [2.05, 4.69) is 37.1 Å². The number of nitrogens with zero attached hydrogens (tertiary/aromatic N) is 1. The molecule has 3 heteroatoms. The lowest BCUT2D eigenvalue weighted by Crippen LogP contribution is -2.23. The first-order chi connectivity index (χ1) is 8.16. The fraction of sp³-hybridized carbons (Fsp3) is 0.500. The van der Waals surface area contributed by atoms with E-state index >= 15 is 0 Å². The zero-order valence-electron chi connectivity index (χ0n) is 10.8. The summed E-state index contributed by atoms with van der Waals surface area (Å²) in [6.07, 6.45) is 1.96. The van der Waals surface area contributed by atoms with Crippen LogP contribution in [-0.2, 0) is 6.42 Å². The maximum Gasteiger partial charge on any atom is 0.195 e. The molecule has 0 fully saturated rings. The smallest absolute Gasteiger partial charge is 0.195 e. The van der Waals surface area contributed by atoms with E-state index in [0.717, 1.165) is 36.4 Å². The van der Waals surface area contributed by atoms with E-state index in [9.17, 15) is 0 Å². The molecule has 92 valence electrons. The molecule has 1 N–H and O–H groups in total. The molecule has 3 nitrogen and oxygen atoms in total. The molecule has 0 amide bonds. The summed E-state index contributed by atoms with van der Waals surface area (Å²) in [6, 6.07) is 6.59. The minimum atomic E-state index is 0.542. The molecule has 1 aromatic heterocycles. The van der Waals surface area contributed by atoms with Crippen molar-refractivity contribution in [2.75, 3.05) is 6.54 Å². The number of hydrogen-bond acceptors (Lipinski definition) is 3. The van der Waals surface area contributed by atoms with Crippen molar-refractivity contribution in [3.63, 3.8) is 0 Å². The van der Waals surface area contributed by atoms with Gasteiger partial charge in [-0.15, -0.1) is 0 Å². The first-order valence-corrected chi connectivity index (χ1v) is 6.25. The minimum Gasteiger partial charge on any atom is -0.441 e. The molecule has 0 saturated carbocycles. The second-order valence-corrected chi connectivity index (χ2v) is 4.74. The van der Waals surface area contributed by atoms with Gasteiger partial charge in [0.2, 0.25) is 0 Å². The number of rotatable bonds is 5. The molecule has 0 bridgehead atoms. The third-order valence-corrected chi connectivity index (χ3v) is 2.79. The van der Waals surface area contributed by atoms with Crippen molar-refractivity contribution in [1.29, 1.82) is 0 Å². The van der Waals surface area contributed by atoms with Crippen LogP contribution in [0, 0.1) is 6.92 Å². The van der Waals surface area contributed by atoms with Gasteiger partial charge in [0.05, 0.1) is 0 Å². The van der Waals surface area contributed by atoms with E-state index in [-0.39, 0.29) is 0 Å². The predicted octanol–water partition coefficient (Wildman–Crippen LogP) is 3.07. The summed E-state index contributed by atoms with van der Waals surface area (Å²) in [5.41, 5.74) is 3.08. The molecule has 17 heavy (non-hydrogen) atoms. The molecule has 0 unspecified atom stereocenters. The normalized spacial score (nSPS) is 11.5. The van der Waals surface area contributed by atoms with Crippen molar-refractivity contribution in [3.8, 4) is 0 Å². The zero-order valence-corrected chi connectivity index (χ0v) is 10.8. The fourth-order valence-electron chi connectivity index (χ4n) is 1.87. The molecule has 1 heterocycles. The second kappa shape index (κ2) is 5.32. The van der Waals surface area contributed by atoms with Crippen LogP contribution < -0.4 is 5.32 Å². The monoisotopic (exact) mass is 232 g/mol. The lowest BCUT2D eigenvalue weighted by molar-refractivity contribution is 0.500. The summed E-state index contributed by atoms with van der Waals surface area (Å²) in [5, 5.41) is 3.39. The lowest BCUT2D eigenvalue weighted by atomic mass is 10.2. The minimum absolute atomic E-state index is 0.542. The number of oxazole rings is 1. The SMILES string of the molecule is Cc1cccc2oc(CCCNC(C)C)nc12. The topological polar surface area (TPSA) is 38.1 Å². The van der Waals surface area contributed by atoms with Gasteiger partial charge in [-0.25, -0.2) is 4.98 Å². The van der Waals surface area contributed by atoms with E-state index in [4.69, 9.17) is 4.42 Å². The van der Waals surface area contributed by atoms with Crippen LogP contribution in [0.5, 0.6) is 0 Å². The van der Waals surface area contributed by atoms with Gasteiger partial charge in [0.15, 0.2) is 11.5 Å². The van der Waals surface area contributed by atoms with E-state index in [0.29, 0.717) is 6.04 Å². The van der Waals surface area contributed by atoms with Crippen molar-refractivity contribution in [3.05, 3.63) is 29.7 Å². The molecule has 0 radical (unpaired) electrons. The molecular formula is C14H20N2O. The highest BCUT2D eigenvalue weighted by Crippen LogP contribution is 2.19. The van der Waals surface area contributed by atoms with Gasteiger partial charge in [0.1, 0.15) is 5.52 Å². The number of para-hydroxylation sites is 1. The Hall–Kier alpha value is -1.35. The number of fused-ring (bicyclic) bond motifs is 1. The summed E-state index contributed by atoms with van der Waals surface area (Å²) in [6.45, 7) is 7.38. The Morgan fingerprint density at radius 1 is 1.35 bits per heavy atom. The van der Waals surface area contributed by atoms with Crippen LogP contribution in [0.15, 0.2) is 22.6 Å². The number of benzene rings is 1. The fourth-order valence-corrected chi connectivity index (χ4v) is 1.87. The van der Waals surface area contributed by atoms with Crippen molar-refractivity contribution < 1.29 is 4.42 Å². The van der Waals surface area contributed by atoms with Crippen LogP contribution in [0.4, 0.5) is 0 Å². The Morgan fingerprint density at radius 3 is 2.88 bits per heavy atom. The average molecular weight is 232 g/mol. The molecule has 1 aromatic carbocycles. The van der Waals surface area contributed by atoms with E-state index in [1.807, 2.05) is 12.1 Å². The highest BCUT2D eigenvalue weighted by Gasteiger charge is 2.06. The van der Waals surface area contributed by atoms with Gasteiger partial charge in [0, 0.05) is 12.5 Å². The van der Waals surface area contributed by atoms with Gasteiger partial charge in [-0.2, -0.15) is 0 Å². The Bertz CT molecular complexity index is 488. The Kier molecular flexibility index (Phi) is 3.79. The van der Waals surface area contributed by atoms with Crippen LogP contribution in [0.2, 0.25) is 0 Å². The maximum absolute atomic E-state index is 5.72. The number of aromatic nitrogens is 1. The Morgan fingerprint density at radius 2 is 2.18 bits per heavy atom. The molecular weight excluding hydrogens is 212 g/mol. The van der Waals surface area contributed by atoms with E-state index < -0.39 is 0 Å².